The molecule has 0 aliphatic carbocycles. The summed E-state index contributed by atoms with van der Waals surface area (Å²) in [6.45, 7) is 0.334. The molecule has 0 saturated carbocycles. The van der Waals surface area contributed by atoms with Crippen molar-refractivity contribution in [3.63, 3.8) is 0 Å². The summed E-state index contributed by atoms with van der Waals surface area (Å²) in [5.41, 5.74) is 0.850. The van der Waals surface area contributed by atoms with E-state index in [-0.39, 0.29) is 6.54 Å². The van der Waals surface area contributed by atoms with Crippen molar-refractivity contribution in [2.24, 2.45) is 0 Å². The first kappa shape index (κ1) is 12.7. The van der Waals surface area contributed by atoms with Gasteiger partial charge in [-0.25, -0.2) is 0 Å². The van der Waals surface area contributed by atoms with Gasteiger partial charge in [0.25, 0.3) is 0 Å². The number of aliphatic carboxylic acids is 1. The largest absolute Gasteiger partial charge is 0.480 e. The molecule has 0 fully saturated rings. The monoisotopic (exact) mass is 309 g/mol. The summed E-state index contributed by atoms with van der Waals surface area (Å²) in [5, 5.41) is 8.96. The molecule has 0 amide bonds. The predicted octanol–water partition coefficient (Wildman–Crippen LogP) is 3.13. The maximum atomic E-state index is 10.9. The summed E-state index contributed by atoms with van der Waals surface area (Å²) in [6, 6.07) is 11.2. The molecule has 18 heavy (non-hydrogen) atoms. The van der Waals surface area contributed by atoms with Crippen molar-refractivity contribution >= 4 is 27.6 Å². The Kier molecular flexibility index (Phi) is 4.04. The van der Waals surface area contributed by atoms with E-state index in [1.165, 1.54) is 0 Å². The van der Waals surface area contributed by atoms with E-state index in [1.807, 2.05) is 30.3 Å². The van der Waals surface area contributed by atoms with Gasteiger partial charge in [0.1, 0.15) is 12.3 Å². The van der Waals surface area contributed by atoms with E-state index in [1.54, 1.807) is 17.2 Å². The standard InChI is InChI=1S/C13H12BrNO3/c14-11-6-7-18-12(11)8-15(9-13(16)17)10-4-2-1-3-5-10/h1-7H,8-9H2,(H,16,17). The third-order valence-corrected chi connectivity index (χ3v) is 3.18. The van der Waals surface area contributed by atoms with Gasteiger partial charge >= 0.3 is 5.97 Å². The second-order valence-corrected chi connectivity index (χ2v) is 4.63. The quantitative estimate of drug-likeness (QED) is 0.922. The van der Waals surface area contributed by atoms with Crippen LogP contribution in [0.4, 0.5) is 5.69 Å². The molecule has 0 aliphatic rings. The summed E-state index contributed by atoms with van der Waals surface area (Å²) in [4.78, 5) is 12.7. The predicted molar refractivity (Wildman–Crippen MR) is 71.5 cm³/mol. The van der Waals surface area contributed by atoms with Gasteiger partial charge in [-0.05, 0) is 34.1 Å². The summed E-state index contributed by atoms with van der Waals surface area (Å²) in [6.07, 6.45) is 1.57. The number of carboxylic acid groups (broad SMARTS) is 1. The molecule has 0 aliphatic heterocycles. The summed E-state index contributed by atoms with van der Waals surface area (Å²) in [7, 11) is 0. The van der Waals surface area contributed by atoms with Crippen LogP contribution in [0.5, 0.6) is 0 Å². The molecule has 94 valence electrons. The highest BCUT2D eigenvalue weighted by atomic mass is 79.9. The van der Waals surface area contributed by atoms with E-state index < -0.39 is 5.97 Å². The average Bonchev–Trinajstić information content (AvgIpc) is 2.75. The van der Waals surface area contributed by atoms with Crippen molar-refractivity contribution in [3.05, 3.63) is 52.9 Å². The van der Waals surface area contributed by atoms with Gasteiger partial charge in [-0.1, -0.05) is 18.2 Å². The van der Waals surface area contributed by atoms with Gasteiger partial charge < -0.3 is 14.4 Å². The van der Waals surface area contributed by atoms with Crippen LogP contribution in [0.1, 0.15) is 5.76 Å². The van der Waals surface area contributed by atoms with Crippen molar-refractivity contribution < 1.29 is 14.3 Å². The van der Waals surface area contributed by atoms with Gasteiger partial charge in [0.05, 0.1) is 17.3 Å². The minimum Gasteiger partial charge on any atom is -0.480 e. The van der Waals surface area contributed by atoms with Crippen LogP contribution in [0.25, 0.3) is 0 Å². The molecule has 1 heterocycles. The van der Waals surface area contributed by atoms with Crippen molar-refractivity contribution in [1.82, 2.24) is 0 Å². The first-order valence-electron chi connectivity index (χ1n) is 5.40. The number of para-hydroxylation sites is 1. The number of hydrogen-bond donors (Lipinski definition) is 1. The molecule has 0 radical (unpaired) electrons. The van der Waals surface area contributed by atoms with Crippen LogP contribution in [0.15, 0.2) is 51.6 Å². The van der Waals surface area contributed by atoms with Crippen molar-refractivity contribution in [1.29, 1.82) is 0 Å². The molecular weight excluding hydrogens is 298 g/mol. The van der Waals surface area contributed by atoms with E-state index in [0.717, 1.165) is 10.2 Å². The van der Waals surface area contributed by atoms with Crippen LogP contribution < -0.4 is 4.90 Å². The van der Waals surface area contributed by atoms with Gasteiger partial charge in [-0.3, -0.25) is 4.79 Å². The van der Waals surface area contributed by atoms with Gasteiger partial charge in [0, 0.05) is 5.69 Å². The number of hydrogen-bond acceptors (Lipinski definition) is 3. The lowest BCUT2D eigenvalue weighted by atomic mass is 10.2. The Bertz CT molecular complexity index is 524. The lowest BCUT2D eigenvalue weighted by molar-refractivity contribution is -0.135. The zero-order valence-electron chi connectivity index (χ0n) is 9.54. The van der Waals surface area contributed by atoms with Crippen molar-refractivity contribution in [3.8, 4) is 0 Å². The molecule has 2 rings (SSSR count). The second kappa shape index (κ2) is 5.73. The number of halogens is 1. The maximum Gasteiger partial charge on any atom is 0.323 e. The molecule has 0 bridgehead atoms. The van der Waals surface area contributed by atoms with E-state index in [4.69, 9.17) is 9.52 Å². The van der Waals surface area contributed by atoms with Crippen molar-refractivity contribution in [2.75, 3.05) is 11.4 Å². The molecular formula is C13H12BrNO3. The van der Waals surface area contributed by atoms with Crippen LogP contribution in [-0.4, -0.2) is 17.6 Å². The Balaban J connectivity index is 2.21. The third-order valence-electron chi connectivity index (χ3n) is 2.47. The maximum absolute atomic E-state index is 10.9. The van der Waals surface area contributed by atoms with E-state index in [2.05, 4.69) is 15.9 Å². The Morgan fingerprint density at radius 2 is 2.00 bits per heavy atom. The highest BCUT2D eigenvalue weighted by Gasteiger charge is 2.14. The lowest BCUT2D eigenvalue weighted by Crippen LogP contribution is -2.29. The van der Waals surface area contributed by atoms with Crippen LogP contribution >= 0.6 is 15.9 Å². The van der Waals surface area contributed by atoms with Gasteiger partial charge in [-0.2, -0.15) is 0 Å². The lowest BCUT2D eigenvalue weighted by Gasteiger charge is -2.21. The zero-order valence-corrected chi connectivity index (χ0v) is 11.1. The van der Waals surface area contributed by atoms with E-state index in [0.29, 0.717) is 12.3 Å². The molecule has 4 nitrogen and oxygen atoms in total. The molecule has 5 heteroatoms. The first-order chi connectivity index (χ1) is 8.66. The number of rotatable bonds is 5. The molecule has 0 unspecified atom stereocenters. The summed E-state index contributed by atoms with van der Waals surface area (Å²) >= 11 is 3.37. The third kappa shape index (κ3) is 3.13. The number of benzene rings is 1. The highest BCUT2D eigenvalue weighted by molar-refractivity contribution is 9.10. The van der Waals surface area contributed by atoms with Crippen LogP contribution in [-0.2, 0) is 11.3 Å². The molecule has 1 aromatic carbocycles. The second-order valence-electron chi connectivity index (χ2n) is 3.78. The van der Waals surface area contributed by atoms with Crippen molar-refractivity contribution in [2.45, 2.75) is 6.54 Å². The molecule has 0 spiro atoms. The summed E-state index contributed by atoms with van der Waals surface area (Å²) in [5.74, 6) is -0.165. The van der Waals surface area contributed by atoms with Gasteiger partial charge in [0.2, 0.25) is 0 Å². The van der Waals surface area contributed by atoms with E-state index in [9.17, 15) is 4.79 Å². The Morgan fingerprint density at radius 3 is 2.56 bits per heavy atom. The topological polar surface area (TPSA) is 53.7 Å². The number of anilines is 1. The average molecular weight is 310 g/mol. The zero-order chi connectivity index (χ0) is 13.0. The molecule has 0 saturated heterocycles. The highest BCUT2D eigenvalue weighted by Crippen LogP contribution is 2.22. The fourth-order valence-electron chi connectivity index (χ4n) is 1.65. The minimum absolute atomic E-state index is 0.0723. The number of carbonyl (C=O) groups is 1. The Labute approximate surface area is 113 Å². The SMILES string of the molecule is O=C(O)CN(Cc1occc1Br)c1ccccc1. The van der Waals surface area contributed by atoms with Crippen LogP contribution in [0, 0.1) is 0 Å². The minimum atomic E-state index is -0.874. The number of furan rings is 1. The summed E-state index contributed by atoms with van der Waals surface area (Å²) < 4.78 is 6.16. The normalized spacial score (nSPS) is 10.3. The number of carboxylic acids is 1. The molecule has 2 aromatic rings. The number of nitrogens with zero attached hydrogens (tertiary/aromatic N) is 1. The molecule has 0 atom stereocenters. The van der Waals surface area contributed by atoms with Gasteiger partial charge in [-0.15, -0.1) is 0 Å². The molecule has 1 aromatic heterocycles. The smallest absolute Gasteiger partial charge is 0.323 e. The first-order valence-corrected chi connectivity index (χ1v) is 6.20. The van der Waals surface area contributed by atoms with Crippen LogP contribution in [0.3, 0.4) is 0 Å². The van der Waals surface area contributed by atoms with Crippen LogP contribution in [0.2, 0.25) is 0 Å². The van der Waals surface area contributed by atoms with Gasteiger partial charge in [0.15, 0.2) is 0 Å². The fourth-order valence-corrected chi connectivity index (χ4v) is 1.98. The Morgan fingerprint density at radius 1 is 1.28 bits per heavy atom. The Hall–Kier alpha value is -1.75. The fraction of sp³-hybridized carbons (Fsp3) is 0.154. The molecule has 1 N–H and O–H groups in total. The van der Waals surface area contributed by atoms with E-state index >= 15 is 0 Å².